The average molecular weight is 292 g/mol. The highest BCUT2D eigenvalue weighted by atomic mass is 32.2. The van der Waals surface area contributed by atoms with Crippen LogP contribution in [0.1, 0.15) is 47.5 Å². The van der Waals surface area contributed by atoms with Crippen molar-refractivity contribution < 1.29 is 8.95 Å². The van der Waals surface area contributed by atoms with Crippen LogP contribution in [0, 0.1) is 5.41 Å². The fourth-order valence-electron chi connectivity index (χ4n) is 2.15. The molecule has 0 radical (unpaired) electrons. The first-order valence-electron chi connectivity index (χ1n) is 7.89. The van der Waals surface area contributed by atoms with Crippen molar-refractivity contribution >= 4 is 10.8 Å². The van der Waals surface area contributed by atoms with Crippen molar-refractivity contribution in [3.05, 3.63) is 0 Å². The van der Waals surface area contributed by atoms with Crippen LogP contribution in [-0.2, 0) is 15.5 Å². The van der Waals surface area contributed by atoms with Gasteiger partial charge in [-0.3, -0.25) is 4.21 Å². The Labute approximate surface area is 122 Å². The van der Waals surface area contributed by atoms with Gasteiger partial charge in [-0.15, -0.1) is 0 Å². The molecule has 1 heterocycles. The maximum Gasteiger partial charge on any atom is 0.0534 e. The molecule has 116 valence electrons. The van der Waals surface area contributed by atoms with Crippen molar-refractivity contribution in [3.63, 3.8) is 0 Å². The van der Waals surface area contributed by atoms with E-state index in [1.165, 1.54) is 12.8 Å². The van der Waals surface area contributed by atoms with Crippen LogP contribution in [0.15, 0.2) is 0 Å². The van der Waals surface area contributed by atoms with Gasteiger partial charge in [-0.1, -0.05) is 27.7 Å². The van der Waals surface area contributed by atoms with Crippen LogP contribution >= 0.6 is 0 Å². The molecule has 2 rings (SSSR count). The molecule has 0 aromatic heterocycles. The third kappa shape index (κ3) is 7.42. The molecule has 4 heteroatoms. The SMILES string of the molecule is CC.CC.CCOCC1(CN2CCS(=O)CC2)CC1. The summed E-state index contributed by atoms with van der Waals surface area (Å²) < 4.78 is 16.8. The lowest BCUT2D eigenvalue weighted by Crippen LogP contribution is -2.41. The van der Waals surface area contributed by atoms with Crippen molar-refractivity contribution in [2.24, 2.45) is 5.41 Å². The zero-order chi connectivity index (χ0) is 14.7. The fourth-order valence-corrected chi connectivity index (χ4v) is 3.28. The van der Waals surface area contributed by atoms with E-state index < -0.39 is 10.8 Å². The number of ether oxygens (including phenoxy) is 1. The Kier molecular flexibility index (Phi) is 10.8. The van der Waals surface area contributed by atoms with Gasteiger partial charge in [-0.25, -0.2) is 0 Å². The smallest absolute Gasteiger partial charge is 0.0534 e. The molecule has 1 saturated carbocycles. The predicted molar refractivity (Wildman–Crippen MR) is 85.2 cm³/mol. The summed E-state index contributed by atoms with van der Waals surface area (Å²) in [6, 6.07) is 0. The molecule has 0 aromatic carbocycles. The number of rotatable bonds is 5. The molecule has 0 atom stereocenters. The van der Waals surface area contributed by atoms with Gasteiger partial charge in [-0.05, 0) is 19.8 Å². The number of nitrogens with zero attached hydrogens (tertiary/aromatic N) is 1. The highest BCUT2D eigenvalue weighted by Gasteiger charge is 2.44. The van der Waals surface area contributed by atoms with Gasteiger partial charge >= 0.3 is 0 Å². The molecule has 1 aliphatic carbocycles. The monoisotopic (exact) mass is 291 g/mol. The lowest BCUT2D eigenvalue weighted by Gasteiger charge is -2.30. The van der Waals surface area contributed by atoms with Crippen LogP contribution in [-0.4, -0.2) is 53.5 Å². The standard InChI is InChI=1S/C11H21NO2S.2C2H6/c1-2-14-10-11(3-4-11)9-12-5-7-15(13)8-6-12;2*1-2/h2-10H2,1H3;2*1-2H3. The Morgan fingerprint density at radius 3 is 2.05 bits per heavy atom. The molecule has 1 aliphatic heterocycles. The molecule has 0 N–H and O–H groups in total. The third-order valence-electron chi connectivity index (χ3n) is 3.40. The maximum absolute atomic E-state index is 11.2. The second kappa shape index (κ2) is 10.8. The van der Waals surface area contributed by atoms with Crippen LogP contribution < -0.4 is 0 Å². The summed E-state index contributed by atoms with van der Waals surface area (Å²) in [6.07, 6.45) is 2.62. The van der Waals surface area contributed by atoms with Crippen LogP contribution in [0.25, 0.3) is 0 Å². The summed E-state index contributed by atoms with van der Waals surface area (Å²) in [5, 5.41) is 0. The molecule has 2 fully saturated rings. The summed E-state index contributed by atoms with van der Waals surface area (Å²) in [7, 11) is -0.547. The average Bonchev–Trinajstić information content (AvgIpc) is 3.24. The minimum atomic E-state index is -0.547. The molecule has 0 amide bonds. The molecular formula is C15H33NO2S. The van der Waals surface area contributed by atoms with Gasteiger partial charge in [-0.2, -0.15) is 0 Å². The second-order valence-corrected chi connectivity index (χ2v) is 6.46. The third-order valence-corrected chi connectivity index (χ3v) is 4.67. The van der Waals surface area contributed by atoms with E-state index in [4.69, 9.17) is 4.74 Å². The minimum Gasteiger partial charge on any atom is -0.381 e. The summed E-state index contributed by atoms with van der Waals surface area (Å²) >= 11 is 0. The van der Waals surface area contributed by atoms with Crippen LogP contribution in [0.5, 0.6) is 0 Å². The van der Waals surface area contributed by atoms with Gasteiger partial charge in [0.25, 0.3) is 0 Å². The second-order valence-electron chi connectivity index (χ2n) is 4.76. The van der Waals surface area contributed by atoms with E-state index in [1.54, 1.807) is 0 Å². The molecule has 0 unspecified atom stereocenters. The van der Waals surface area contributed by atoms with E-state index in [0.29, 0.717) is 5.41 Å². The Bertz CT molecular complexity index is 232. The molecule has 3 nitrogen and oxygen atoms in total. The Morgan fingerprint density at radius 2 is 1.63 bits per heavy atom. The van der Waals surface area contributed by atoms with Crippen LogP contribution in [0.4, 0.5) is 0 Å². The van der Waals surface area contributed by atoms with E-state index in [0.717, 1.165) is 44.4 Å². The van der Waals surface area contributed by atoms with Gasteiger partial charge < -0.3 is 9.64 Å². The zero-order valence-corrected chi connectivity index (χ0v) is 14.4. The first-order valence-corrected chi connectivity index (χ1v) is 9.38. The lowest BCUT2D eigenvalue weighted by molar-refractivity contribution is 0.0803. The van der Waals surface area contributed by atoms with Gasteiger partial charge in [0.2, 0.25) is 0 Å². The van der Waals surface area contributed by atoms with E-state index >= 15 is 0 Å². The van der Waals surface area contributed by atoms with Gasteiger partial charge in [0.15, 0.2) is 0 Å². The van der Waals surface area contributed by atoms with Crippen LogP contribution in [0.3, 0.4) is 0 Å². The first kappa shape index (κ1) is 19.1. The largest absolute Gasteiger partial charge is 0.381 e. The zero-order valence-electron chi connectivity index (χ0n) is 13.5. The van der Waals surface area contributed by atoms with Gasteiger partial charge in [0, 0.05) is 54.0 Å². The molecule has 1 saturated heterocycles. The predicted octanol–water partition coefficient (Wildman–Crippen LogP) is 2.92. The Balaban J connectivity index is 0.000000741. The summed E-state index contributed by atoms with van der Waals surface area (Å²) in [6.45, 7) is 15.0. The van der Waals surface area contributed by atoms with Crippen molar-refractivity contribution in [1.29, 1.82) is 0 Å². The molecule has 2 aliphatic rings. The van der Waals surface area contributed by atoms with Gasteiger partial charge in [0.05, 0.1) is 6.61 Å². The van der Waals surface area contributed by atoms with Gasteiger partial charge in [0.1, 0.15) is 0 Å². The van der Waals surface area contributed by atoms with Crippen molar-refractivity contribution in [2.45, 2.75) is 47.5 Å². The summed E-state index contributed by atoms with van der Waals surface area (Å²) in [5.74, 6) is 1.73. The lowest BCUT2D eigenvalue weighted by atomic mass is 10.1. The van der Waals surface area contributed by atoms with E-state index in [2.05, 4.69) is 11.8 Å². The number of hydrogen-bond donors (Lipinski definition) is 0. The maximum atomic E-state index is 11.2. The highest BCUT2D eigenvalue weighted by Crippen LogP contribution is 2.46. The highest BCUT2D eigenvalue weighted by molar-refractivity contribution is 7.85. The van der Waals surface area contributed by atoms with E-state index in [1.807, 2.05) is 27.7 Å². The van der Waals surface area contributed by atoms with Crippen molar-refractivity contribution in [1.82, 2.24) is 4.90 Å². The van der Waals surface area contributed by atoms with Crippen molar-refractivity contribution in [2.75, 3.05) is 44.4 Å². The Morgan fingerprint density at radius 1 is 1.11 bits per heavy atom. The number of hydrogen-bond acceptors (Lipinski definition) is 3. The minimum absolute atomic E-state index is 0.453. The molecule has 19 heavy (non-hydrogen) atoms. The first-order chi connectivity index (χ1) is 9.24. The normalized spacial score (nSPS) is 21.7. The topological polar surface area (TPSA) is 29.5 Å². The molecular weight excluding hydrogens is 258 g/mol. The molecule has 0 spiro atoms. The van der Waals surface area contributed by atoms with Crippen molar-refractivity contribution in [3.8, 4) is 0 Å². The fraction of sp³-hybridized carbons (Fsp3) is 1.00. The molecule has 0 bridgehead atoms. The van der Waals surface area contributed by atoms with Crippen LogP contribution in [0.2, 0.25) is 0 Å². The Hall–Kier alpha value is 0.0700. The molecule has 0 aromatic rings. The quantitative estimate of drug-likeness (QED) is 0.780. The van der Waals surface area contributed by atoms with E-state index in [-0.39, 0.29) is 0 Å². The summed E-state index contributed by atoms with van der Waals surface area (Å²) in [5.41, 5.74) is 0.453. The van der Waals surface area contributed by atoms with E-state index in [9.17, 15) is 4.21 Å². The summed E-state index contributed by atoms with van der Waals surface area (Å²) in [4.78, 5) is 2.47.